The van der Waals surface area contributed by atoms with Gasteiger partial charge in [0, 0.05) is 6.42 Å². The van der Waals surface area contributed by atoms with Gasteiger partial charge >= 0.3 is 0 Å². The van der Waals surface area contributed by atoms with Crippen molar-refractivity contribution in [2.75, 3.05) is 19.8 Å². The van der Waals surface area contributed by atoms with Crippen molar-refractivity contribution in [3.63, 3.8) is 0 Å². The Morgan fingerprint density at radius 1 is 0.839 bits per heavy atom. The number of hydrogen-bond donors (Lipinski definition) is 0. The minimum Gasteiger partial charge on any atom is -0.371 e. The third-order valence-electron chi connectivity index (χ3n) is 4.94. The fourth-order valence-corrected chi connectivity index (χ4v) is 3.17. The van der Waals surface area contributed by atoms with Gasteiger partial charge in [0.05, 0.1) is 19.8 Å². The molecule has 5 nitrogen and oxygen atoms in total. The maximum atomic E-state index is 6.01. The number of ether oxygens (including phenoxy) is 1. The van der Waals surface area contributed by atoms with Crippen LogP contribution >= 0.6 is 0 Å². The average Bonchev–Trinajstić information content (AvgIpc) is 2.79. The van der Waals surface area contributed by atoms with Crippen LogP contribution in [0.25, 0.3) is 6.08 Å². The second kappa shape index (κ2) is 18.3. The second-order valence-electron chi connectivity index (χ2n) is 8.03. The maximum absolute atomic E-state index is 6.01. The molecule has 178 valence electrons. The molecule has 0 N–H and O–H groups in total. The average molecular weight is 437 g/mol. The van der Waals surface area contributed by atoms with Crippen LogP contribution in [0.4, 0.5) is 0 Å². The highest BCUT2D eigenvalue weighted by Crippen LogP contribution is 2.25. The Balaban J connectivity index is 2.66. The number of unbranched alkanes of at least 4 members (excludes halogenated alkanes) is 6. The zero-order valence-corrected chi connectivity index (χ0v) is 20.0. The van der Waals surface area contributed by atoms with Crippen molar-refractivity contribution in [3.8, 4) is 0 Å². The zero-order chi connectivity index (χ0) is 22.6. The van der Waals surface area contributed by atoms with Crippen LogP contribution in [0.5, 0.6) is 0 Å². The van der Waals surface area contributed by atoms with Crippen LogP contribution < -0.4 is 0 Å². The quantitative estimate of drug-likeness (QED) is 0.0869. The lowest BCUT2D eigenvalue weighted by Gasteiger charge is -2.30. The number of hydrogen-bond acceptors (Lipinski definition) is 5. The minimum absolute atomic E-state index is 0.231. The SMILES string of the molecule is C=Cc1cccc(COCC(CCCCCCCCC)(OOCCC)OOCCC)c1. The highest BCUT2D eigenvalue weighted by molar-refractivity contribution is 5.47. The molecular formula is C26H44O5. The zero-order valence-electron chi connectivity index (χ0n) is 20.0. The van der Waals surface area contributed by atoms with Crippen molar-refractivity contribution in [1.82, 2.24) is 0 Å². The van der Waals surface area contributed by atoms with Crippen LogP contribution in [0.15, 0.2) is 30.8 Å². The van der Waals surface area contributed by atoms with Gasteiger partial charge in [-0.2, -0.15) is 9.78 Å². The van der Waals surface area contributed by atoms with Crippen LogP contribution in [0.3, 0.4) is 0 Å². The Labute approximate surface area is 189 Å². The highest BCUT2D eigenvalue weighted by Gasteiger charge is 2.36. The maximum Gasteiger partial charge on any atom is 0.256 e. The first-order chi connectivity index (χ1) is 15.2. The first kappa shape index (κ1) is 27.8. The van der Waals surface area contributed by atoms with Crippen LogP contribution in [-0.2, 0) is 30.9 Å². The van der Waals surface area contributed by atoms with E-state index >= 15 is 0 Å². The van der Waals surface area contributed by atoms with Crippen LogP contribution in [0.2, 0.25) is 0 Å². The van der Waals surface area contributed by atoms with Crippen molar-refractivity contribution in [3.05, 3.63) is 42.0 Å². The van der Waals surface area contributed by atoms with Gasteiger partial charge in [0.2, 0.25) is 0 Å². The van der Waals surface area contributed by atoms with Crippen molar-refractivity contribution < 1.29 is 24.3 Å². The van der Waals surface area contributed by atoms with E-state index in [1.807, 2.05) is 38.1 Å². The Morgan fingerprint density at radius 3 is 2.10 bits per heavy atom. The summed E-state index contributed by atoms with van der Waals surface area (Å²) in [5.41, 5.74) is 2.15. The molecule has 0 unspecified atom stereocenters. The molecule has 0 amide bonds. The van der Waals surface area contributed by atoms with Crippen LogP contribution in [-0.4, -0.2) is 25.6 Å². The molecule has 0 saturated heterocycles. The lowest BCUT2D eigenvalue weighted by atomic mass is 10.0. The summed E-state index contributed by atoms with van der Waals surface area (Å²) in [6.07, 6.45) is 12.7. The van der Waals surface area contributed by atoms with Crippen molar-refractivity contribution in [2.45, 2.75) is 97.4 Å². The highest BCUT2D eigenvalue weighted by atomic mass is 17.3. The van der Waals surface area contributed by atoms with E-state index in [2.05, 4.69) is 19.6 Å². The van der Waals surface area contributed by atoms with Gasteiger partial charge in [-0.05, 0) is 36.5 Å². The van der Waals surface area contributed by atoms with Gasteiger partial charge < -0.3 is 4.74 Å². The largest absolute Gasteiger partial charge is 0.371 e. The molecule has 0 spiro atoms. The van der Waals surface area contributed by atoms with E-state index in [0.29, 0.717) is 26.2 Å². The molecule has 31 heavy (non-hydrogen) atoms. The molecule has 1 aromatic carbocycles. The molecule has 1 aromatic rings. The van der Waals surface area contributed by atoms with Gasteiger partial charge in [0.15, 0.2) is 0 Å². The molecule has 0 radical (unpaired) electrons. The topological polar surface area (TPSA) is 46.2 Å². The first-order valence-electron chi connectivity index (χ1n) is 12.1. The standard InChI is InChI=1S/C26H44O5/c1-5-9-10-11-12-13-14-18-26(30-28-19-6-2,31-29-20-7-3)23-27-22-25-17-15-16-24(8-4)21-25/h8,15-17,21H,4-7,9-14,18-20,22-23H2,1-3H3. The van der Waals surface area contributed by atoms with Gasteiger partial charge in [-0.1, -0.05) is 90.2 Å². The Hall–Kier alpha value is -1.24. The van der Waals surface area contributed by atoms with E-state index in [1.54, 1.807) is 0 Å². The molecule has 0 saturated carbocycles. The third kappa shape index (κ3) is 13.0. The van der Waals surface area contributed by atoms with Gasteiger partial charge in [-0.3, -0.25) is 0 Å². The fourth-order valence-electron chi connectivity index (χ4n) is 3.17. The molecule has 0 aliphatic heterocycles. The van der Waals surface area contributed by atoms with Crippen LogP contribution in [0, 0.1) is 0 Å². The fraction of sp³-hybridized carbons (Fsp3) is 0.692. The van der Waals surface area contributed by atoms with Gasteiger partial charge in [-0.15, -0.1) is 0 Å². The molecule has 5 heteroatoms. The summed E-state index contributed by atoms with van der Waals surface area (Å²) in [4.78, 5) is 22.4. The first-order valence-corrected chi connectivity index (χ1v) is 12.1. The van der Waals surface area contributed by atoms with Gasteiger partial charge in [-0.25, -0.2) is 9.78 Å². The molecule has 0 atom stereocenters. The van der Waals surface area contributed by atoms with E-state index < -0.39 is 5.79 Å². The minimum atomic E-state index is -1.07. The summed E-state index contributed by atoms with van der Waals surface area (Å²) < 4.78 is 6.01. The predicted octanol–water partition coefficient (Wildman–Crippen LogP) is 7.40. The normalized spacial score (nSPS) is 11.7. The molecule has 0 heterocycles. The van der Waals surface area contributed by atoms with E-state index in [4.69, 9.17) is 24.3 Å². The van der Waals surface area contributed by atoms with E-state index in [-0.39, 0.29) is 6.61 Å². The van der Waals surface area contributed by atoms with Gasteiger partial charge in [0.1, 0.15) is 6.61 Å². The summed E-state index contributed by atoms with van der Waals surface area (Å²) in [6, 6.07) is 8.12. The van der Waals surface area contributed by atoms with E-state index in [9.17, 15) is 0 Å². The summed E-state index contributed by atoms with van der Waals surface area (Å²) in [5.74, 6) is -1.07. The van der Waals surface area contributed by atoms with Crippen molar-refractivity contribution in [1.29, 1.82) is 0 Å². The second-order valence-corrected chi connectivity index (χ2v) is 8.03. The molecule has 0 bridgehead atoms. The Kier molecular flexibility index (Phi) is 16.4. The molecular weight excluding hydrogens is 392 g/mol. The molecule has 0 fully saturated rings. The molecule has 0 aromatic heterocycles. The van der Waals surface area contributed by atoms with E-state index in [1.165, 1.54) is 32.1 Å². The van der Waals surface area contributed by atoms with Gasteiger partial charge in [0.25, 0.3) is 5.79 Å². The molecule has 0 aliphatic carbocycles. The number of rotatable bonds is 21. The Morgan fingerprint density at radius 2 is 1.48 bits per heavy atom. The molecule has 0 aliphatic rings. The summed E-state index contributed by atoms with van der Waals surface area (Å²) in [5, 5.41) is 0. The molecule has 1 rings (SSSR count). The van der Waals surface area contributed by atoms with Crippen molar-refractivity contribution >= 4 is 6.08 Å². The third-order valence-corrected chi connectivity index (χ3v) is 4.94. The smallest absolute Gasteiger partial charge is 0.256 e. The van der Waals surface area contributed by atoms with Crippen LogP contribution in [0.1, 0.15) is 96.1 Å². The lowest BCUT2D eigenvalue weighted by Crippen LogP contribution is -2.41. The summed E-state index contributed by atoms with van der Waals surface area (Å²) >= 11 is 0. The van der Waals surface area contributed by atoms with E-state index in [0.717, 1.165) is 36.8 Å². The van der Waals surface area contributed by atoms with Crippen molar-refractivity contribution in [2.24, 2.45) is 0 Å². The predicted molar refractivity (Wildman–Crippen MR) is 126 cm³/mol. The Bertz CT molecular complexity index is 550. The lowest BCUT2D eigenvalue weighted by molar-refractivity contribution is -0.519. The number of benzene rings is 1. The monoisotopic (exact) mass is 436 g/mol. The summed E-state index contributed by atoms with van der Waals surface area (Å²) in [7, 11) is 0. The summed E-state index contributed by atoms with van der Waals surface area (Å²) in [6.45, 7) is 11.8.